The van der Waals surface area contributed by atoms with E-state index in [2.05, 4.69) is 23.5 Å². The van der Waals surface area contributed by atoms with Gasteiger partial charge in [-0.15, -0.1) is 0 Å². The fraction of sp³-hybridized carbons (Fsp3) is 0.474. The number of carbonyl (C=O) groups is 2. The second-order valence-corrected chi connectivity index (χ2v) is 6.72. The molecule has 0 aliphatic carbocycles. The molecule has 1 aliphatic heterocycles. The lowest BCUT2D eigenvalue weighted by Gasteiger charge is -2.27. The first-order valence-electron chi connectivity index (χ1n) is 8.58. The summed E-state index contributed by atoms with van der Waals surface area (Å²) in [4.78, 5) is 26.9. The summed E-state index contributed by atoms with van der Waals surface area (Å²) in [6.07, 6.45) is 3.01. The molecule has 1 aliphatic rings. The molecule has 0 spiro atoms. The van der Waals surface area contributed by atoms with Crippen molar-refractivity contribution in [1.82, 2.24) is 10.2 Å². The highest BCUT2D eigenvalue weighted by atomic mass is 16.2. The monoisotopic (exact) mass is 330 g/mol. The van der Waals surface area contributed by atoms with E-state index in [-0.39, 0.29) is 17.9 Å². The second kappa shape index (κ2) is 8.64. The number of benzene rings is 1. The number of quaternary nitrogens is 1. The quantitative estimate of drug-likeness (QED) is 0.790. The minimum absolute atomic E-state index is 0.0137. The standard InChI is InChI=1S/C19H27N3O2/c1-15(2)20-18(23)13-21(3)14-19(24)22-11-9-17(10-12-22)16-7-5-4-6-8-16/h4-9,15H,10-14H2,1-3H3,(H,20,23)/p+1. The van der Waals surface area contributed by atoms with Crippen LogP contribution in [-0.2, 0) is 9.59 Å². The maximum atomic E-state index is 12.4. The second-order valence-electron chi connectivity index (χ2n) is 6.72. The summed E-state index contributed by atoms with van der Waals surface area (Å²) in [5, 5.41) is 2.86. The average molecular weight is 330 g/mol. The van der Waals surface area contributed by atoms with Crippen LogP contribution >= 0.6 is 0 Å². The third kappa shape index (κ3) is 5.49. The van der Waals surface area contributed by atoms with Crippen LogP contribution in [0.5, 0.6) is 0 Å². The van der Waals surface area contributed by atoms with E-state index < -0.39 is 0 Å². The highest BCUT2D eigenvalue weighted by molar-refractivity contribution is 5.80. The summed E-state index contributed by atoms with van der Waals surface area (Å²) in [6.45, 7) is 5.92. The average Bonchev–Trinajstić information content (AvgIpc) is 2.54. The Morgan fingerprint density at radius 3 is 2.50 bits per heavy atom. The number of amides is 2. The molecule has 5 heteroatoms. The van der Waals surface area contributed by atoms with E-state index >= 15 is 0 Å². The smallest absolute Gasteiger partial charge is 0.278 e. The van der Waals surface area contributed by atoms with Crippen LogP contribution in [0.4, 0.5) is 0 Å². The Morgan fingerprint density at radius 1 is 1.21 bits per heavy atom. The van der Waals surface area contributed by atoms with Crippen molar-refractivity contribution < 1.29 is 14.5 Å². The number of hydrogen-bond donors (Lipinski definition) is 2. The third-order valence-corrected chi connectivity index (χ3v) is 4.07. The lowest BCUT2D eigenvalue weighted by molar-refractivity contribution is -0.863. The van der Waals surface area contributed by atoms with Crippen molar-refractivity contribution in [2.45, 2.75) is 26.3 Å². The van der Waals surface area contributed by atoms with Crippen molar-refractivity contribution in [2.75, 3.05) is 33.2 Å². The SMILES string of the molecule is CC(C)NC(=O)C[NH+](C)CC(=O)N1CC=C(c2ccccc2)CC1. The van der Waals surface area contributed by atoms with Gasteiger partial charge in [-0.05, 0) is 31.4 Å². The first-order chi connectivity index (χ1) is 11.5. The Hall–Kier alpha value is -2.14. The van der Waals surface area contributed by atoms with Gasteiger partial charge in [-0.1, -0.05) is 36.4 Å². The van der Waals surface area contributed by atoms with Gasteiger partial charge >= 0.3 is 0 Å². The Bertz CT molecular complexity index is 596. The molecule has 0 fully saturated rings. The Kier molecular flexibility index (Phi) is 6.55. The molecule has 1 aromatic rings. The summed E-state index contributed by atoms with van der Waals surface area (Å²) in [7, 11) is 1.88. The molecule has 0 aromatic heterocycles. The van der Waals surface area contributed by atoms with Crippen LogP contribution in [0.1, 0.15) is 25.8 Å². The number of nitrogens with one attached hydrogen (secondary N) is 2. The van der Waals surface area contributed by atoms with E-state index in [9.17, 15) is 9.59 Å². The first-order valence-corrected chi connectivity index (χ1v) is 8.58. The molecule has 1 atom stereocenters. The lowest BCUT2D eigenvalue weighted by atomic mass is 9.99. The molecule has 2 N–H and O–H groups in total. The normalized spacial score (nSPS) is 15.8. The van der Waals surface area contributed by atoms with Crippen molar-refractivity contribution >= 4 is 17.4 Å². The van der Waals surface area contributed by atoms with Gasteiger partial charge in [0.2, 0.25) is 0 Å². The van der Waals surface area contributed by atoms with Gasteiger partial charge in [-0.25, -0.2) is 0 Å². The van der Waals surface area contributed by atoms with E-state index in [4.69, 9.17) is 0 Å². The van der Waals surface area contributed by atoms with Gasteiger partial charge in [0.1, 0.15) is 0 Å². The molecular weight excluding hydrogens is 302 g/mol. The summed E-state index contributed by atoms with van der Waals surface area (Å²) < 4.78 is 0. The molecule has 0 saturated heterocycles. The zero-order valence-electron chi connectivity index (χ0n) is 14.8. The van der Waals surface area contributed by atoms with Crippen molar-refractivity contribution in [3.8, 4) is 0 Å². The van der Waals surface area contributed by atoms with Crippen LogP contribution in [0.2, 0.25) is 0 Å². The van der Waals surface area contributed by atoms with Crippen LogP contribution in [0.15, 0.2) is 36.4 Å². The Morgan fingerprint density at radius 2 is 1.92 bits per heavy atom. The Balaban J connectivity index is 1.82. The number of carbonyl (C=O) groups excluding carboxylic acids is 2. The van der Waals surface area contributed by atoms with Gasteiger partial charge in [0.05, 0.1) is 7.05 Å². The molecule has 2 rings (SSSR count). The van der Waals surface area contributed by atoms with E-state index in [1.54, 1.807) is 0 Å². The van der Waals surface area contributed by atoms with Crippen molar-refractivity contribution in [3.63, 3.8) is 0 Å². The fourth-order valence-corrected chi connectivity index (χ4v) is 2.89. The summed E-state index contributed by atoms with van der Waals surface area (Å²) in [5.41, 5.74) is 2.54. The molecule has 0 bridgehead atoms. The van der Waals surface area contributed by atoms with Gasteiger partial charge in [0.15, 0.2) is 13.1 Å². The summed E-state index contributed by atoms with van der Waals surface area (Å²) in [5.74, 6) is 0.0911. The third-order valence-electron chi connectivity index (χ3n) is 4.07. The van der Waals surface area contributed by atoms with E-state index in [0.29, 0.717) is 19.6 Å². The van der Waals surface area contributed by atoms with Gasteiger partial charge in [-0.3, -0.25) is 9.59 Å². The molecule has 24 heavy (non-hydrogen) atoms. The zero-order chi connectivity index (χ0) is 17.5. The van der Waals surface area contributed by atoms with Crippen LogP contribution in [0.3, 0.4) is 0 Å². The topological polar surface area (TPSA) is 53.9 Å². The minimum Gasteiger partial charge on any atom is -0.349 e. The van der Waals surface area contributed by atoms with Crippen LogP contribution in [0.25, 0.3) is 5.57 Å². The molecule has 0 radical (unpaired) electrons. The lowest BCUT2D eigenvalue weighted by Crippen LogP contribution is -3.11. The molecule has 0 saturated carbocycles. The van der Waals surface area contributed by atoms with Crippen molar-refractivity contribution in [3.05, 3.63) is 42.0 Å². The number of nitrogens with zero attached hydrogens (tertiary/aromatic N) is 1. The van der Waals surface area contributed by atoms with Gasteiger partial charge in [0.25, 0.3) is 11.8 Å². The molecule has 130 valence electrons. The van der Waals surface area contributed by atoms with Gasteiger partial charge < -0.3 is 15.1 Å². The minimum atomic E-state index is -0.0137. The van der Waals surface area contributed by atoms with E-state index in [1.807, 2.05) is 44.0 Å². The summed E-state index contributed by atoms with van der Waals surface area (Å²) in [6, 6.07) is 10.4. The van der Waals surface area contributed by atoms with Crippen LogP contribution < -0.4 is 10.2 Å². The molecule has 1 unspecified atom stereocenters. The molecule has 1 heterocycles. The largest absolute Gasteiger partial charge is 0.349 e. The van der Waals surface area contributed by atoms with Crippen LogP contribution in [0, 0.1) is 0 Å². The molecule has 5 nitrogen and oxygen atoms in total. The predicted molar refractivity (Wildman–Crippen MR) is 95.5 cm³/mol. The van der Waals surface area contributed by atoms with Crippen LogP contribution in [-0.4, -0.2) is 56.0 Å². The Labute approximate surface area is 144 Å². The fourth-order valence-electron chi connectivity index (χ4n) is 2.89. The molecule has 2 amide bonds. The number of hydrogen-bond acceptors (Lipinski definition) is 2. The zero-order valence-corrected chi connectivity index (χ0v) is 14.8. The summed E-state index contributed by atoms with van der Waals surface area (Å²) >= 11 is 0. The predicted octanol–water partition coefficient (Wildman–Crippen LogP) is 0.342. The number of rotatable bonds is 6. The maximum Gasteiger partial charge on any atom is 0.278 e. The highest BCUT2D eigenvalue weighted by Crippen LogP contribution is 2.21. The van der Waals surface area contributed by atoms with E-state index in [1.165, 1.54) is 11.1 Å². The highest BCUT2D eigenvalue weighted by Gasteiger charge is 2.22. The molecule has 1 aromatic carbocycles. The van der Waals surface area contributed by atoms with Gasteiger partial charge in [0, 0.05) is 19.1 Å². The van der Waals surface area contributed by atoms with E-state index in [0.717, 1.165) is 17.9 Å². The van der Waals surface area contributed by atoms with Crippen molar-refractivity contribution in [1.29, 1.82) is 0 Å². The maximum absolute atomic E-state index is 12.4. The first kappa shape index (κ1) is 18.2. The number of likely N-dealkylation sites (N-methyl/N-ethyl adjacent to an activating group) is 1. The van der Waals surface area contributed by atoms with Gasteiger partial charge in [-0.2, -0.15) is 0 Å². The molecular formula is C19H28N3O2+. The van der Waals surface area contributed by atoms with Crippen molar-refractivity contribution in [2.24, 2.45) is 0 Å².